The summed E-state index contributed by atoms with van der Waals surface area (Å²) < 4.78 is 7.28. The molecule has 0 radical (unpaired) electrons. The van der Waals surface area contributed by atoms with Crippen molar-refractivity contribution in [2.75, 3.05) is 0 Å². The van der Waals surface area contributed by atoms with E-state index < -0.39 is 0 Å². The van der Waals surface area contributed by atoms with Gasteiger partial charge in [0.1, 0.15) is 5.65 Å². The molecular weight excluding hydrogens is 747 g/mol. The summed E-state index contributed by atoms with van der Waals surface area (Å²) in [4.78, 5) is 18.5. The number of para-hydroxylation sites is 3. The van der Waals surface area contributed by atoms with Crippen molar-refractivity contribution < 1.29 is 0 Å². The summed E-state index contributed by atoms with van der Waals surface area (Å²) in [5, 5.41) is 8.45. The van der Waals surface area contributed by atoms with Gasteiger partial charge in [-0.2, -0.15) is 9.97 Å². The molecule has 0 saturated carbocycles. The maximum absolute atomic E-state index is 5.42. The lowest BCUT2D eigenvalue weighted by Gasteiger charge is -2.20. The van der Waals surface area contributed by atoms with Crippen LogP contribution in [-0.4, -0.2) is 24.1 Å². The molecule has 1 aliphatic rings. The van der Waals surface area contributed by atoms with Crippen LogP contribution >= 0.6 is 23.1 Å². The SMILES string of the molecule is c1cc(-c2ccc3sc4ccccc4c3c2)cc(-c2nc(-c3ccc4ccccc4c3)nc(-n3c4ccccc4c4c5cccc6c5n(c43)-c3ccccc3S6)n2)c1. The lowest BCUT2D eigenvalue weighted by molar-refractivity contribution is 0.927. The molecule has 0 spiro atoms. The number of fused-ring (bicyclic) bond motifs is 11. The van der Waals surface area contributed by atoms with Gasteiger partial charge >= 0.3 is 0 Å². The van der Waals surface area contributed by atoms with Crippen molar-refractivity contribution in [1.82, 2.24) is 24.1 Å². The maximum Gasteiger partial charge on any atom is 0.239 e. The second kappa shape index (κ2) is 12.2. The van der Waals surface area contributed by atoms with Crippen LogP contribution in [0.1, 0.15) is 0 Å². The topological polar surface area (TPSA) is 48.5 Å². The van der Waals surface area contributed by atoms with E-state index in [1.54, 1.807) is 0 Å². The largest absolute Gasteiger partial charge is 0.293 e. The summed E-state index contributed by atoms with van der Waals surface area (Å²) in [5.74, 6) is 1.82. The minimum Gasteiger partial charge on any atom is -0.293 e. The maximum atomic E-state index is 5.42. The van der Waals surface area contributed by atoms with Gasteiger partial charge in [-0.05, 0) is 76.5 Å². The van der Waals surface area contributed by atoms with E-state index in [-0.39, 0.29) is 0 Å². The molecule has 0 amide bonds. The van der Waals surface area contributed by atoms with Crippen LogP contribution in [0.2, 0.25) is 0 Å². The minimum absolute atomic E-state index is 0.576. The average Bonchev–Trinajstić information content (AvgIpc) is 3.94. The molecular formula is C51H29N5S2. The fourth-order valence-electron chi connectivity index (χ4n) is 8.93. The molecule has 7 heteroatoms. The number of thiophene rings is 1. The van der Waals surface area contributed by atoms with E-state index in [9.17, 15) is 0 Å². The van der Waals surface area contributed by atoms with Gasteiger partial charge in [0.05, 0.1) is 16.7 Å². The highest BCUT2D eigenvalue weighted by Gasteiger charge is 2.29. The van der Waals surface area contributed by atoms with Crippen LogP contribution in [0.5, 0.6) is 0 Å². The molecule has 0 fully saturated rings. The predicted octanol–water partition coefficient (Wildman–Crippen LogP) is 13.9. The molecule has 1 aliphatic heterocycles. The fraction of sp³-hybridized carbons (Fsp3) is 0. The third-order valence-electron chi connectivity index (χ3n) is 11.5. The summed E-state index contributed by atoms with van der Waals surface area (Å²) in [6.45, 7) is 0. The van der Waals surface area contributed by atoms with Crippen molar-refractivity contribution in [1.29, 1.82) is 0 Å². The Morgan fingerprint density at radius 2 is 1.09 bits per heavy atom. The number of hydrogen-bond donors (Lipinski definition) is 0. The van der Waals surface area contributed by atoms with Crippen LogP contribution in [0, 0.1) is 0 Å². The molecule has 58 heavy (non-hydrogen) atoms. The average molecular weight is 776 g/mol. The first-order chi connectivity index (χ1) is 28.7. The van der Waals surface area contributed by atoms with Crippen molar-refractivity contribution in [3.63, 3.8) is 0 Å². The normalized spacial score (nSPS) is 12.4. The van der Waals surface area contributed by atoms with E-state index in [1.807, 2.05) is 23.1 Å². The lowest BCUT2D eigenvalue weighted by atomic mass is 10.0. The lowest BCUT2D eigenvalue weighted by Crippen LogP contribution is -2.10. The Balaban J connectivity index is 1.09. The first-order valence-electron chi connectivity index (χ1n) is 19.4. The summed E-state index contributed by atoms with van der Waals surface area (Å²) in [6.07, 6.45) is 0. The predicted molar refractivity (Wildman–Crippen MR) is 242 cm³/mol. The molecule has 4 aromatic heterocycles. The Morgan fingerprint density at radius 3 is 2.02 bits per heavy atom. The van der Waals surface area contributed by atoms with Gasteiger partial charge in [-0.25, -0.2) is 4.98 Å². The van der Waals surface area contributed by atoms with Crippen molar-refractivity contribution in [2.45, 2.75) is 9.79 Å². The number of nitrogens with zero attached hydrogens (tertiary/aromatic N) is 5. The molecule has 0 N–H and O–H groups in total. The molecule has 8 aromatic carbocycles. The van der Waals surface area contributed by atoms with Gasteiger partial charge in [0.25, 0.3) is 0 Å². The van der Waals surface area contributed by atoms with Gasteiger partial charge in [0.15, 0.2) is 11.6 Å². The van der Waals surface area contributed by atoms with Gasteiger partial charge < -0.3 is 0 Å². The highest BCUT2D eigenvalue weighted by molar-refractivity contribution is 7.99. The molecule has 0 unspecified atom stereocenters. The van der Waals surface area contributed by atoms with Gasteiger partial charge in [-0.3, -0.25) is 9.13 Å². The summed E-state index contributed by atoms with van der Waals surface area (Å²) in [6, 6.07) is 63.0. The Morgan fingerprint density at radius 1 is 0.414 bits per heavy atom. The molecule has 5 heterocycles. The Hall–Kier alpha value is -7.06. The second-order valence-corrected chi connectivity index (χ2v) is 17.0. The van der Waals surface area contributed by atoms with Crippen LogP contribution in [0.4, 0.5) is 0 Å². The highest BCUT2D eigenvalue weighted by atomic mass is 32.2. The molecule has 0 aliphatic carbocycles. The van der Waals surface area contributed by atoms with E-state index in [0.29, 0.717) is 17.6 Å². The monoisotopic (exact) mass is 775 g/mol. The van der Waals surface area contributed by atoms with Crippen LogP contribution < -0.4 is 0 Å². The quantitative estimate of drug-likeness (QED) is 0.179. The smallest absolute Gasteiger partial charge is 0.239 e. The first-order valence-corrected chi connectivity index (χ1v) is 21.0. The number of hydrogen-bond acceptors (Lipinski definition) is 5. The van der Waals surface area contributed by atoms with Gasteiger partial charge in [0, 0.05) is 57.2 Å². The van der Waals surface area contributed by atoms with Crippen molar-refractivity contribution in [3.05, 3.63) is 176 Å². The molecule has 12 aromatic rings. The Kier molecular flexibility index (Phi) is 6.76. The van der Waals surface area contributed by atoms with Crippen LogP contribution in [0.3, 0.4) is 0 Å². The Bertz CT molecular complexity index is 3690. The summed E-state index contributed by atoms with van der Waals surface area (Å²) >= 11 is 3.67. The van der Waals surface area contributed by atoms with Crippen molar-refractivity contribution in [3.8, 4) is 45.5 Å². The van der Waals surface area contributed by atoms with Crippen molar-refractivity contribution >= 4 is 86.9 Å². The summed E-state index contributed by atoms with van der Waals surface area (Å²) in [5.41, 5.74) is 8.59. The number of rotatable bonds is 4. The van der Waals surface area contributed by atoms with E-state index in [1.165, 1.54) is 51.6 Å². The second-order valence-electron chi connectivity index (χ2n) is 14.8. The van der Waals surface area contributed by atoms with E-state index in [2.05, 4.69) is 185 Å². The van der Waals surface area contributed by atoms with E-state index in [4.69, 9.17) is 15.0 Å². The van der Waals surface area contributed by atoms with Gasteiger partial charge in [-0.15, -0.1) is 11.3 Å². The van der Waals surface area contributed by atoms with Crippen LogP contribution in [0.25, 0.3) is 109 Å². The molecule has 270 valence electrons. The molecule has 0 saturated heterocycles. The molecule has 0 bridgehead atoms. The Labute approximate surface area is 340 Å². The van der Waals surface area contributed by atoms with Gasteiger partial charge in [0.2, 0.25) is 5.95 Å². The molecule has 13 rings (SSSR count). The minimum atomic E-state index is 0.576. The van der Waals surface area contributed by atoms with Gasteiger partial charge in [-0.1, -0.05) is 133 Å². The zero-order valence-corrected chi connectivity index (χ0v) is 32.4. The number of aromatic nitrogens is 5. The number of benzene rings is 8. The molecule has 5 nitrogen and oxygen atoms in total. The standard InChI is InChI=1S/C51H29N5S2/c1-2-12-31-27-35(24-23-30(31)11-1)49-52-48(34-14-9-13-32(28-34)33-25-26-43-39(29-33)36-15-4-7-20-42(36)57-43)53-51(54-49)56-40-18-5-3-16-37(40)46-38-17-10-22-45-47(38)55(50(46)56)41-19-6-8-21-44(41)58-45/h1-29H. The molecule has 0 atom stereocenters. The van der Waals surface area contributed by atoms with Crippen LogP contribution in [-0.2, 0) is 0 Å². The van der Waals surface area contributed by atoms with E-state index in [0.717, 1.165) is 49.9 Å². The third kappa shape index (κ3) is 4.69. The zero-order valence-electron chi connectivity index (χ0n) is 30.8. The van der Waals surface area contributed by atoms with Crippen molar-refractivity contribution in [2.24, 2.45) is 0 Å². The highest BCUT2D eigenvalue weighted by Crippen LogP contribution is 2.49. The third-order valence-corrected chi connectivity index (χ3v) is 13.8. The van der Waals surface area contributed by atoms with Crippen LogP contribution in [0.15, 0.2) is 186 Å². The zero-order chi connectivity index (χ0) is 37.9. The first kappa shape index (κ1) is 32.1. The fourth-order valence-corrected chi connectivity index (χ4v) is 11.1. The summed E-state index contributed by atoms with van der Waals surface area (Å²) in [7, 11) is 0. The van der Waals surface area contributed by atoms with E-state index >= 15 is 0 Å².